The molecule has 1 aliphatic rings. The normalized spacial score (nSPS) is 15.5. The van der Waals surface area contributed by atoms with Gasteiger partial charge in [-0.2, -0.15) is 5.26 Å². The van der Waals surface area contributed by atoms with Gasteiger partial charge >= 0.3 is 0 Å². The first-order valence-electron chi connectivity index (χ1n) is 11.9. The van der Waals surface area contributed by atoms with E-state index in [1.807, 2.05) is 47.6 Å². The molecule has 0 bridgehead atoms. The topological polar surface area (TPSA) is 108 Å². The van der Waals surface area contributed by atoms with Crippen molar-refractivity contribution in [3.8, 4) is 11.8 Å². The van der Waals surface area contributed by atoms with E-state index in [0.717, 1.165) is 0 Å². The van der Waals surface area contributed by atoms with Crippen molar-refractivity contribution >= 4 is 21.8 Å². The van der Waals surface area contributed by atoms with Crippen LogP contribution in [-0.4, -0.2) is 50.6 Å². The summed E-state index contributed by atoms with van der Waals surface area (Å²) in [6, 6.07) is 10.9. The summed E-state index contributed by atoms with van der Waals surface area (Å²) in [4.78, 5) is 13.9. The van der Waals surface area contributed by atoms with Gasteiger partial charge in [0.1, 0.15) is 16.7 Å². The lowest BCUT2D eigenvalue weighted by atomic mass is 9.78. The first kappa shape index (κ1) is 27.4. The molecule has 36 heavy (non-hydrogen) atoms. The molecule has 192 valence electrons. The number of carbonyl (C=O) groups is 1. The Labute approximate surface area is 213 Å². The maximum absolute atomic E-state index is 13.3. The number of aromatic hydroxyl groups is 1. The molecule has 0 radical (unpaired) electrons. The number of phenolic OH excluding ortho intramolecular Hbond substituents is 1. The maximum atomic E-state index is 13.3. The maximum Gasteiger partial charge on any atom is 0.254 e. The molecule has 3 rings (SSSR count). The number of sulfone groups is 1. The minimum atomic E-state index is -4.13. The molecular weight excluding hydrogens is 476 g/mol. The van der Waals surface area contributed by atoms with Crippen LogP contribution in [0.4, 0.5) is 0 Å². The van der Waals surface area contributed by atoms with Gasteiger partial charge in [-0.1, -0.05) is 41.5 Å². The number of nitrogens with zero attached hydrogens (tertiary/aromatic N) is 2. The number of ether oxygens (including phenoxy) is 1. The summed E-state index contributed by atoms with van der Waals surface area (Å²) in [5.74, 6) is -0.0131. The van der Waals surface area contributed by atoms with Crippen LogP contribution >= 0.6 is 0 Å². The minimum absolute atomic E-state index is 0.0697. The molecule has 0 aliphatic carbocycles. The zero-order chi connectivity index (χ0) is 26.9. The molecule has 2 aromatic rings. The van der Waals surface area contributed by atoms with E-state index in [2.05, 4.69) is 0 Å². The van der Waals surface area contributed by atoms with Gasteiger partial charge in [0.05, 0.1) is 18.1 Å². The second-order valence-electron chi connectivity index (χ2n) is 11.0. The third-order valence-corrected chi connectivity index (χ3v) is 7.84. The first-order valence-corrected chi connectivity index (χ1v) is 13.4. The zero-order valence-corrected chi connectivity index (χ0v) is 22.6. The lowest BCUT2D eigenvalue weighted by Gasteiger charge is -2.28. The summed E-state index contributed by atoms with van der Waals surface area (Å²) in [7, 11) is -4.13. The van der Waals surface area contributed by atoms with E-state index < -0.39 is 25.6 Å². The van der Waals surface area contributed by atoms with Gasteiger partial charge in [-0.15, -0.1) is 0 Å². The van der Waals surface area contributed by atoms with Crippen LogP contribution in [0, 0.1) is 11.3 Å². The Kier molecular flexibility index (Phi) is 7.68. The van der Waals surface area contributed by atoms with Crippen LogP contribution < -0.4 is 0 Å². The molecule has 0 aromatic heterocycles. The number of amides is 1. The van der Waals surface area contributed by atoms with Gasteiger partial charge in [0.2, 0.25) is 9.84 Å². The molecular formula is C28H34N2O5S. The smallest absolute Gasteiger partial charge is 0.254 e. The summed E-state index contributed by atoms with van der Waals surface area (Å²) in [6.07, 6.45) is 1.34. The van der Waals surface area contributed by atoms with E-state index in [-0.39, 0.29) is 16.6 Å². The van der Waals surface area contributed by atoms with Crippen LogP contribution in [0.25, 0.3) is 6.08 Å². The van der Waals surface area contributed by atoms with Crippen molar-refractivity contribution < 1.29 is 23.1 Å². The molecule has 0 spiro atoms. The quantitative estimate of drug-likeness (QED) is 0.592. The highest BCUT2D eigenvalue weighted by Crippen LogP contribution is 2.40. The van der Waals surface area contributed by atoms with Gasteiger partial charge < -0.3 is 14.7 Å². The second kappa shape index (κ2) is 10.1. The van der Waals surface area contributed by atoms with Crippen molar-refractivity contribution in [2.24, 2.45) is 0 Å². The van der Waals surface area contributed by atoms with Gasteiger partial charge in [0, 0.05) is 29.8 Å². The van der Waals surface area contributed by atoms with Crippen molar-refractivity contribution in [2.45, 2.75) is 57.3 Å². The molecule has 0 unspecified atom stereocenters. The lowest BCUT2D eigenvalue weighted by molar-refractivity contribution is 0.0303. The third kappa shape index (κ3) is 5.80. The van der Waals surface area contributed by atoms with Crippen LogP contribution in [0.2, 0.25) is 0 Å². The molecule has 2 aromatic carbocycles. The number of phenols is 1. The highest BCUT2D eigenvalue weighted by molar-refractivity contribution is 7.95. The van der Waals surface area contributed by atoms with Crippen LogP contribution in [-0.2, 0) is 25.4 Å². The average molecular weight is 511 g/mol. The van der Waals surface area contributed by atoms with Crippen LogP contribution in [0.1, 0.15) is 68.6 Å². The second-order valence-corrected chi connectivity index (χ2v) is 12.9. The summed E-state index contributed by atoms with van der Waals surface area (Å²) in [5.41, 5.74) is 1.43. The molecule has 1 N–H and O–H groups in total. The summed E-state index contributed by atoms with van der Waals surface area (Å²) in [6.45, 7) is 13.7. The fourth-order valence-corrected chi connectivity index (χ4v) is 5.22. The van der Waals surface area contributed by atoms with Crippen LogP contribution in [0.3, 0.4) is 0 Å². The number of carbonyl (C=O) groups excluding carboxylic acids is 1. The largest absolute Gasteiger partial charge is 0.507 e. The third-order valence-electron chi connectivity index (χ3n) is 6.16. The average Bonchev–Trinajstić information content (AvgIpc) is 2.81. The Morgan fingerprint density at radius 3 is 1.94 bits per heavy atom. The Hall–Kier alpha value is -3.15. The predicted molar refractivity (Wildman–Crippen MR) is 139 cm³/mol. The number of allylic oxidation sites excluding steroid dienone is 1. The van der Waals surface area contributed by atoms with Crippen LogP contribution in [0.5, 0.6) is 5.75 Å². The van der Waals surface area contributed by atoms with Gasteiger partial charge in [0.15, 0.2) is 0 Å². The van der Waals surface area contributed by atoms with Crippen molar-refractivity contribution in [1.82, 2.24) is 4.90 Å². The summed E-state index contributed by atoms with van der Waals surface area (Å²) >= 11 is 0. The van der Waals surface area contributed by atoms with E-state index >= 15 is 0 Å². The highest BCUT2D eigenvalue weighted by Gasteiger charge is 2.28. The molecule has 1 fully saturated rings. The van der Waals surface area contributed by atoms with Gasteiger partial charge in [-0.05, 0) is 58.9 Å². The molecule has 8 heteroatoms. The fourth-order valence-electron chi connectivity index (χ4n) is 4.06. The summed E-state index contributed by atoms with van der Waals surface area (Å²) < 4.78 is 31.9. The highest BCUT2D eigenvalue weighted by atomic mass is 32.2. The van der Waals surface area contributed by atoms with Gasteiger partial charge in [0.25, 0.3) is 5.91 Å². The van der Waals surface area contributed by atoms with Crippen LogP contribution in [0.15, 0.2) is 46.2 Å². The van der Waals surface area contributed by atoms with E-state index in [1.54, 1.807) is 17.0 Å². The number of morpholine rings is 1. The van der Waals surface area contributed by atoms with E-state index in [9.17, 15) is 23.6 Å². The molecule has 1 amide bonds. The SMILES string of the molecule is CC(C)(C)c1cc(/C=C(\C#N)S(=O)(=O)c2ccc(C(=O)N3CCOCC3)cc2)cc(C(C)(C)C)c1O. The Morgan fingerprint density at radius 2 is 1.50 bits per heavy atom. The van der Waals surface area contributed by atoms with Crippen molar-refractivity contribution in [2.75, 3.05) is 26.3 Å². The van der Waals surface area contributed by atoms with E-state index in [0.29, 0.717) is 48.6 Å². The first-order chi connectivity index (χ1) is 16.7. The number of hydrogen-bond donors (Lipinski definition) is 1. The van der Waals surface area contributed by atoms with E-state index in [1.165, 1.54) is 30.3 Å². The predicted octanol–water partition coefficient (Wildman–Crippen LogP) is 4.80. The van der Waals surface area contributed by atoms with Crippen molar-refractivity contribution in [1.29, 1.82) is 5.26 Å². The van der Waals surface area contributed by atoms with E-state index in [4.69, 9.17) is 4.74 Å². The molecule has 7 nitrogen and oxygen atoms in total. The number of nitriles is 1. The molecule has 1 saturated heterocycles. The van der Waals surface area contributed by atoms with Crippen molar-refractivity contribution in [3.05, 3.63) is 63.6 Å². The number of hydrogen-bond acceptors (Lipinski definition) is 6. The molecule has 0 saturated carbocycles. The molecule has 1 aliphatic heterocycles. The number of rotatable bonds is 4. The zero-order valence-electron chi connectivity index (χ0n) is 21.8. The Morgan fingerprint density at radius 1 is 1.00 bits per heavy atom. The fraction of sp³-hybridized carbons (Fsp3) is 0.429. The monoisotopic (exact) mass is 510 g/mol. The van der Waals surface area contributed by atoms with Gasteiger partial charge in [-0.3, -0.25) is 4.79 Å². The molecule has 1 heterocycles. The van der Waals surface area contributed by atoms with Gasteiger partial charge in [-0.25, -0.2) is 8.42 Å². The number of benzene rings is 2. The van der Waals surface area contributed by atoms with Crippen molar-refractivity contribution in [3.63, 3.8) is 0 Å². The summed E-state index contributed by atoms with van der Waals surface area (Å²) in [5, 5.41) is 20.7. The standard InChI is InChI=1S/C28H34N2O5S/c1-27(2,3)23-16-19(17-24(25(23)31)28(4,5)6)15-22(18-29)36(33,34)21-9-7-20(8-10-21)26(32)30-11-13-35-14-12-30/h7-10,15-17,31H,11-14H2,1-6H3/b22-15+. The lowest BCUT2D eigenvalue weighted by Crippen LogP contribution is -2.40. The Balaban J connectivity index is 2.02. The molecule has 0 atom stereocenters. The minimum Gasteiger partial charge on any atom is -0.507 e. The Bertz CT molecular complexity index is 1280.